The van der Waals surface area contributed by atoms with E-state index in [9.17, 15) is 4.79 Å². The van der Waals surface area contributed by atoms with Crippen LogP contribution in [0.4, 0.5) is 5.69 Å². The van der Waals surface area contributed by atoms with Crippen molar-refractivity contribution in [2.24, 2.45) is 5.73 Å². The molecule has 3 N–H and O–H groups in total. The summed E-state index contributed by atoms with van der Waals surface area (Å²) in [5, 5.41) is 2.93. The highest BCUT2D eigenvalue weighted by atomic mass is 16.2. The molecular weight excluding hydrogens is 264 g/mol. The number of carbonyl (C=O) groups excluding carboxylic acids is 1. The number of hydrogen-bond donors (Lipinski definition) is 2. The van der Waals surface area contributed by atoms with Gasteiger partial charge in [0.25, 0.3) is 0 Å². The summed E-state index contributed by atoms with van der Waals surface area (Å²) >= 11 is 0. The molecule has 0 atom stereocenters. The van der Waals surface area contributed by atoms with E-state index in [0.29, 0.717) is 13.1 Å². The number of anilines is 1. The van der Waals surface area contributed by atoms with E-state index in [2.05, 4.69) is 29.0 Å². The van der Waals surface area contributed by atoms with Crippen LogP contribution in [0.15, 0.2) is 30.3 Å². The lowest BCUT2D eigenvalue weighted by Crippen LogP contribution is -2.58. The van der Waals surface area contributed by atoms with E-state index in [0.717, 1.165) is 31.9 Å². The maximum Gasteiger partial charge on any atom is 0.238 e. The number of carbonyl (C=O) groups is 1. The summed E-state index contributed by atoms with van der Waals surface area (Å²) < 4.78 is 0. The molecule has 0 radical (unpaired) electrons. The lowest BCUT2D eigenvalue weighted by Gasteiger charge is -2.43. The van der Waals surface area contributed by atoms with Gasteiger partial charge in [0.15, 0.2) is 0 Å². The molecule has 1 aromatic rings. The summed E-state index contributed by atoms with van der Waals surface area (Å²) in [6.07, 6.45) is 0. The Bertz CT molecular complexity index is 453. The summed E-state index contributed by atoms with van der Waals surface area (Å²) in [4.78, 5) is 16.6. The fourth-order valence-electron chi connectivity index (χ4n) is 2.57. The molecule has 1 aliphatic rings. The van der Waals surface area contributed by atoms with Crippen LogP contribution in [0.3, 0.4) is 0 Å². The van der Waals surface area contributed by atoms with E-state index in [1.165, 1.54) is 0 Å². The Hall–Kier alpha value is -1.43. The van der Waals surface area contributed by atoms with E-state index in [1.807, 2.05) is 30.3 Å². The molecule has 1 aliphatic heterocycles. The second-order valence-electron chi connectivity index (χ2n) is 6.19. The Labute approximate surface area is 127 Å². The maximum absolute atomic E-state index is 12.0. The monoisotopic (exact) mass is 290 g/mol. The molecule has 116 valence electrons. The molecule has 0 bridgehead atoms. The van der Waals surface area contributed by atoms with Gasteiger partial charge >= 0.3 is 0 Å². The minimum atomic E-state index is 0.0401. The average molecular weight is 290 g/mol. The van der Waals surface area contributed by atoms with E-state index in [-0.39, 0.29) is 11.4 Å². The Morgan fingerprint density at radius 3 is 2.38 bits per heavy atom. The van der Waals surface area contributed by atoms with Crippen molar-refractivity contribution in [2.75, 3.05) is 44.6 Å². The summed E-state index contributed by atoms with van der Waals surface area (Å²) in [5.74, 6) is 0.0488. The van der Waals surface area contributed by atoms with E-state index < -0.39 is 0 Å². The van der Waals surface area contributed by atoms with Gasteiger partial charge in [0, 0.05) is 44.0 Å². The normalized spacial score (nSPS) is 17.7. The molecule has 1 heterocycles. The molecule has 0 aliphatic carbocycles. The van der Waals surface area contributed by atoms with Gasteiger partial charge in [-0.3, -0.25) is 14.6 Å². The lowest BCUT2D eigenvalue weighted by molar-refractivity contribution is -0.117. The topological polar surface area (TPSA) is 61.6 Å². The zero-order valence-electron chi connectivity index (χ0n) is 13.0. The molecular formula is C16H26N4O. The van der Waals surface area contributed by atoms with Gasteiger partial charge in [0.2, 0.25) is 5.91 Å². The molecule has 1 aromatic carbocycles. The number of hydrogen-bond acceptors (Lipinski definition) is 4. The third-order valence-electron chi connectivity index (χ3n) is 4.15. The van der Waals surface area contributed by atoms with Crippen LogP contribution in [0, 0.1) is 0 Å². The van der Waals surface area contributed by atoms with Gasteiger partial charge < -0.3 is 11.1 Å². The molecule has 1 saturated heterocycles. The van der Waals surface area contributed by atoms with Crippen molar-refractivity contribution in [3.8, 4) is 0 Å². The van der Waals surface area contributed by atoms with E-state index in [1.54, 1.807) is 0 Å². The number of nitrogens with zero attached hydrogens (tertiary/aromatic N) is 2. The van der Waals surface area contributed by atoms with Gasteiger partial charge in [0.1, 0.15) is 0 Å². The Morgan fingerprint density at radius 1 is 1.19 bits per heavy atom. The second-order valence-corrected chi connectivity index (χ2v) is 6.19. The molecule has 0 spiro atoms. The fourth-order valence-corrected chi connectivity index (χ4v) is 2.57. The molecule has 0 saturated carbocycles. The highest BCUT2D eigenvalue weighted by Crippen LogP contribution is 2.15. The van der Waals surface area contributed by atoms with Crippen LogP contribution in [0.25, 0.3) is 0 Å². The first-order chi connectivity index (χ1) is 10.0. The molecule has 0 aromatic heterocycles. The second kappa shape index (κ2) is 7.02. The molecule has 5 nitrogen and oxygen atoms in total. The standard InChI is InChI=1S/C16H26N4O/c1-16(2,13-17)20-10-8-19(9-11-20)12-15(21)18-14-6-4-3-5-7-14/h3-7H,8-13,17H2,1-2H3,(H,18,21). The Balaban J connectivity index is 1.77. The third kappa shape index (κ3) is 4.52. The number of rotatable bonds is 5. The van der Waals surface area contributed by atoms with Gasteiger partial charge in [-0.05, 0) is 26.0 Å². The van der Waals surface area contributed by atoms with Crippen molar-refractivity contribution in [1.29, 1.82) is 0 Å². The summed E-state index contributed by atoms with van der Waals surface area (Å²) in [5.41, 5.74) is 6.71. The van der Waals surface area contributed by atoms with Crippen molar-refractivity contribution in [2.45, 2.75) is 19.4 Å². The molecule has 2 rings (SSSR count). The smallest absolute Gasteiger partial charge is 0.238 e. The zero-order chi connectivity index (χ0) is 15.3. The minimum Gasteiger partial charge on any atom is -0.329 e. The van der Waals surface area contributed by atoms with Crippen molar-refractivity contribution in [1.82, 2.24) is 9.80 Å². The summed E-state index contributed by atoms with van der Waals surface area (Å²) in [6.45, 7) is 9.19. The van der Waals surface area contributed by atoms with Crippen LogP contribution < -0.4 is 11.1 Å². The highest BCUT2D eigenvalue weighted by Gasteiger charge is 2.28. The van der Waals surface area contributed by atoms with Crippen LogP contribution in [0.2, 0.25) is 0 Å². The first kappa shape index (κ1) is 15.9. The van der Waals surface area contributed by atoms with E-state index in [4.69, 9.17) is 5.73 Å². The van der Waals surface area contributed by atoms with Crippen LogP contribution in [0.1, 0.15) is 13.8 Å². The highest BCUT2D eigenvalue weighted by molar-refractivity contribution is 5.92. The number of benzene rings is 1. The zero-order valence-corrected chi connectivity index (χ0v) is 13.0. The van der Waals surface area contributed by atoms with Gasteiger partial charge in [-0.25, -0.2) is 0 Å². The number of piperazine rings is 1. The van der Waals surface area contributed by atoms with Gasteiger partial charge in [0.05, 0.1) is 6.54 Å². The van der Waals surface area contributed by atoms with Crippen molar-refractivity contribution in [3.05, 3.63) is 30.3 Å². The predicted octanol–water partition coefficient (Wildman–Crippen LogP) is 0.980. The van der Waals surface area contributed by atoms with Crippen molar-refractivity contribution in [3.63, 3.8) is 0 Å². The molecule has 0 unspecified atom stereocenters. The summed E-state index contributed by atoms with van der Waals surface area (Å²) in [7, 11) is 0. The number of para-hydroxylation sites is 1. The SMILES string of the molecule is CC(C)(CN)N1CCN(CC(=O)Nc2ccccc2)CC1. The quantitative estimate of drug-likeness (QED) is 0.848. The fraction of sp³-hybridized carbons (Fsp3) is 0.562. The minimum absolute atomic E-state index is 0.0401. The lowest BCUT2D eigenvalue weighted by atomic mass is 10.0. The van der Waals surface area contributed by atoms with Crippen LogP contribution in [0.5, 0.6) is 0 Å². The molecule has 21 heavy (non-hydrogen) atoms. The number of nitrogens with one attached hydrogen (secondary N) is 1. The van der Waals surface area contributed by atoms with Crippen LogP contribution >= 0.6 is 0 Å². The van der Waals surface area contributed by atoms with Crippen LogP contribution in [-0.4, -0.2) is 60.5 Å². The first-order valence-electron chi connectivity index (χ1n) is 7.53. The van der Waals surface area contributed by atoms with Crippen LogP contribution in [-0.2, 0) is 4.79 Å². The predicted molar refractivity (Wildman–Crippen MR) is 86.2 cm³/mol. The average Bonchev–Trinajstić information content (AvgIpc) is 2.48. The van der Waals surface area contributed by atoms with Gasteiger partial charge in [-0.2, -0.15) is 0 Å². The Morgan fingerprint density at radius 2 is 1.81 bits per heavy atom. The summed E-state index contributed by atoms with van der Waals surface area (Å²) in [6, 6.07) is 9.58. The molecule has 1 fully saturated rings. The maximum atomic E-state index is 12.0. The van der Waals surface area contributed by atoms with Gasteiger partial charge in [-0.15, -0.1) is 0 Å². The van der Waals surface area contributed by atoms with Gasteiger partial charge in [-0.1, -0.05) is 18.2 Å². The first-order valence-corrected chi connectivity index (χ1v) is 7.53. The molecule has 1 amide bonds. The molecule has 5 heteroatoms. The van der Waals surface area contributed by atoms with Crippen molar-refractivity contribution < 1.29 is 4.79 Å². The van der Waals surface area contributed by atoms with E-state index >= 15 is 0 Å². The largest absolute Gasteiger partial charge is 0.329 e. The number of amides is 1. The number of nitrogens with two attached hydrogens (primary N) is 1. The third-order valence-corrected chi connectivity index (χ3v) is 4.15. The Kier molecular flexibility index (Phi) is 5.33. The van der Waals surface area contributed by atoms with Crippen molar-refractivity contribution >= 4 is 11.6 Å².